The number of ether oxygens (including phenoxy) is 1. The van der Waals surface area contributed by atoms with Crippen LogP contribution in [0.1, 0.15) is 23.0 Å². The zero-order valence-corrected chi connectivity index (χ0v) is 15.7. The third-order valence-electron chi connectivity index (χ3n) is 3.76. The first-order chi connectivity index (χ1) is 14.2. The Morgan fingerprint density at radius 1 is 1.17 bits per heavy atom. The molecule has 0 saturated carbocycles. The summed E-state index contributed by atoms with van der Waals surface area (Å²) in [7, 11) is 0. The number of amides is 1. The maximum atomic E-state index is 13.3. The Balaban J connectivity index is 1.91. The van der Waals surface area contributed by atoms with Crippen LogP contribution >= 0.6 is 0 Å². The van der Waals surface area contributed by atoms with Crippen LogP contribution in [0.3, 0.4) is 0 Å². The first kappa shape index (κ1) is 21.2. The predicted octanol–water partition coefficient (Wildman–Crippen LogP) is 3.46. The summed E-state index contributed by atoms with van der Waals surface area (Å²) in [4.78, 5) is 23.6. The van der Waals surface area contributed by atoms with Crippen LogP contribution < -0.4 is 10.1 Å². The van der Waals surface area contributed by atoms with E-state index >= 15 is 0 Å². The van der Waals surface area contributed by atoms with Gasteiger partial charge in [0.05, 0.1) is 6.10 Å². The van der Waals surface area contributed by atoms with Crippen LogP contribution in [0, 0.1) is 0 Å². The molecule has 1 atom stereocenters. The van der Waals surface area contributed by atoms with Gasteiger partial charge in [0.1, 0.15) is 11.4 Å². The fraction of sp³-hybridized carbons (Fsp3) is 0.200. The third kappa shape index (κ3) is 5.51. The van der Waals surface area contributed by atoms with Crippen molar-refractivity contribution < 1.29 is 27.8 Å². The molecule has 3 aromatic rings. The number of nitrogens with zero attached hydrogens (tertiary/aromatic N) is 3. The molecule has 3 rings (SSSR count). The van der Waals surface area contributed by atoms with Crippen LogP contribution in [0.2, 0.25) is 0 Å². The molecule has 7 nitrogen and oxygen atoms in total. The van der Waals surface area contributed by atoms with Crippen molar-refractivity contribution in [2.75, 3.05) is 6.54 Å². The minimum Gasteiger partial charge on any atom is -0.439 e. The Hall–Kier alpha value is -3.53. The molecule has 2 heterocycles. The van der Waals surface area contributed by atoms with E-state index in [2.05, 4.69) is 20.3 Å². The fourth-order valence-electron chi connectivity index (χ4n) is 2.40. The van der Waals surface area contributed by atoms with Crippen molar-refractivity contribution in [1.29, 1.82) is 0 Å². The van der Waals surface area contributed by atoms with Crippen molar-refractivity contribution >= 4 is 5.91 Å². The number of aliphatic hydroxyl groups excluding tert-OH is 1. The summed E-state index contributed by atoms with van der Waals surface area (Å²) < 4.78 is 45.3. The number of hydrogen-bond acceptors (Lipinski definition) is 6. The maximum Gasteiger partial charge on any atom is 0.433 e. The van der Waals surface area contributed by atoms with E-state index in [-0.39, 0.29) is 35.3 Å². The molecule has 1 aromatic carbocycles. The average Bonchev–Trinajstić information content (AvgIpc) is 2.72. The maximum absolute atomic E-state index is 13.3. The number of aliphatic hydroxyl groups is 1. The predicted molar refractivity (Wildman–Crippen MR) is 101 cm³/mol. The van der Waals surface area contributed by atoms with Gasteiger partial charge in [-0.3, -0.25) is 9.78 Å². The van der Waals surface area contributed by atoms with E-state index in [1.165, 1.54) is 43.5 Å². The van der Waals surface area contributed by atoms with Gasteiger partial charge in [-0.15, -0.1) is 0 Å². The van der Waals surface area contributed by atoms with E-state index in [0.717, 1.165) is 0 Å². The van der Waals surface area contributed by atoms with Crippen LogP contribution in [0.25, 0.3) is 11.5 Å². The van der Waals surface area contributed by atoms with Gasteiger partial charge >= 0.3 is 6.18 Å². The number of halogens is 3. The molecule has 0 aliphatic rings. The van der Waals surface area contributed by atoms with Crippen molar-refractivity contribution in [2.45, 2.75) is 19.2 Å². The summed E-state index contributed by atoms with van der Waals surface area (Å²) in [6, 6.07) is 11.2. The van der Waals surface area contributed by atoms with E-state index < -0.39 is 23.9 Å². The minimum absolute atomic E-state index is 0.0538. The Kier molecular flexibility index (Phi) is 6.26. The molecule has 2 N–H and O–H groups in total. The summed E-state index contributed by atoms with van der Waals surface area (Å²) in [5, 5.41) is 11.8. The number of rotatable bonds is 6. The molecular weight excluding hydrogens is 401 g/mol. The van der Waals surface area contributed by atoms with E-state index in [4.69, 9.17) is 4.74 Å². The monoisotopic (exact) mass is 418 g/mol. The van der Waals surface area contributed by atoms with Gasteiger partial charge in [-0.25, -0.2) is 4.98 Å². The first-order valence-electron chi connectivity index (χ1n) is 8.84. The van der Waals surface area contributed by atoms with Gasteiger partial charge < -0.3 is 15.2 Å². The standard InChI is InChI=1S/C20H17F3N4O3/c1-12(28)11-25-19(29)13-5-4-6-14(9-13)30-17-10-16(20(21,22)23)26-18(27-17)15-7-2-3-8-24-15/h2-10,12,28H,11H2,1H3,(H,25,29). The van der Waals surface area contributed by atoms with Crippen molar-refractivity contribution in [2.24, 2.45) is 0 Å². The lowest BCUT2D eigenvalue weighted by Crippen LogP contribution is -2.30. The number of benzene rings is 1. The van der Waals surface area contributed by atoms with Crippen LogP contribution in [0.15, 0.2) is 54.7 Å². The second-order valence-corrected chi connectivity index (χ2v) is 6.32. The molecule has 0 bridgehead atoms. The van der Waals surface area contributed by atoms with Gasteiger partial charge in [-0.1, -0.05) is 12.1 Å². The van der Waals surface area contributed by atoms with Crippen molar-refractivity contribution in [3.05, 3.63) is 66.0 Å². The first-order valence-corrected chi connectivity index (χ1v) is 8.84. The average molecular weight is 418 g/mol. The molecule has 1 unspecified atom stereocenters. The van der Waals surface area contributed by atoms with E-state index in [1.54, 1.807) is 12.1 Å². The van der Waals surface area contributed by atoms with Gasteiger partial charge in [0, 0.05) is 24.4 Å². The Morgan fingerprint density at radius 2 is 1.97 bits per heavy atom. The van der Waals surface area contributed by atoms with E-state index in [1.807, 2.05) is 0 Å². The van der Waals surface area contributed by atoms with E-state index in [9.17, 15) is 23.1 Å². The van der Waals surface area contributed by atoms with Crippen molar-refractivity contribution in [1.82, 2.24) is 20.3 Å². The van der Waals surface area contributed by atoms with Gasteiger partial charge in [-0.2, -0.15) is 18.2 Å². The highest BCUT2D eigenvalue weighted by Gasteiger charge is 2.34. The van der Waals surface area contributed by atoms with Crippen molar-refractivity contribution in [3.8, 4) is 23.1 Å². The lowest BCUT2D eigenvalue weighted by Gasteiger charge is -2.12. The van der Waals surface area contributed by atoms with Gasteiger partial charge in [-0.05, 0) is 37.3 Å². The Labute approximate surface area is 169 Å². The van der Waals surface area contributed by atoms with Gasteiger partial charge in [0.25, 0.3) is 5.91 Å². The summed E-state index contributed by atoms with van der Waals surface area (Å²) in [6.07, 6.45) is -4.03. The number of alkyl halides is 3. The summed E-state index contributed by atoms with van der Waals surface area (Å²) in [5.41, 5.74) is -0.818. The topological polar surface area (TPSA) is 97.2 Å². The molecule has 0 aliphatic heterocycles. The van der Waals surface area contributed by atoms with Crippen LogP contribution in [-0.4, -0.2) is 38.6 Å². The second-order valence-electron chi connectivity index (χ2n) is 6.32. The molecule has 0 spiro atoms. The number of aromatic nitrogens is 3. The molecule has 156 valence electrons. The third-order valence-corrected chi connectivity index (χ3v) is 3.76. The molecule has 1 amide bonds. The Morgan fingerprint density at radius 3 is 2.63 bits per heavy atom. The molecule has 0 fully saturated rings. The second kappa shape index (κ2) is 8.87. The number of carbonyl (C=O) groups excluding carboxylic acids is 1. The summed E-state index contributed by atoms with van der Waals surface area (Å²) in [6.45, 7) is 1.57. The Bertz CT molecular complexity index is 1030. The molecule has 2 aromatic heterocycles. The largest absolute Gasteiger partial charge is 0.439 e. The molecule has 10 heteroatoms. The SMILES string of the molecule is CC(O)CNC(=O)c1cccc(Oc2cc(C(F)(F)F)nc(-c3ccccn3)n2)c1. The number of nitrogens with one attached hydrogen (secondary N) is 1. The zero-order chi connectivity index (χ0) is 21.7. The van der Waals surface area contributed by atoms with Gasteiger partial charge in [0.15, 0.2) is 11.5 Å². The van der Waals surface area contributed by atoms with Gasteiger partial charge in [0.2, 0.25) is 5.88 Å². The highest BCUT2D eigenvalue weighted by atomic mass is 19.4. The molecular formula is C20H17F3N4O3. The molecule has 0 radical (unpaired) electrons. The minimum atomic E-state index is -4.71. The quantitative estimate of drug-likeness (QED) is 0.636. The smallest absolute Gasteiger partial charge is 0.433 e. The van der Waals surface area contributed by atoms with Crippen LogP contribution in [0.4, 0.5) is 13.2 Å². The highest BCUT2D eigenvalue weighted by Crippen LogP contribution is 2.32. The van der Waals surface area contributed by atoms with Crippen molar-refractivity contribution in [3.63, 3.8) is 0 Å². The van der Waals surface area contributed by atoms with Crippen LogP contribution in [0.5, 0.6) is 11.6 Å². The molecule has 0 saturated heterocycles. The number of carbonyl (C=O) groups is 1. The number of hydrogen-bond donors (Lipinski definition) is 2. The molecule has 30 heavy (non-hydrogen) atoms. The van der Waals surface area contributed by atoms with Crippen LogP contribution in [-0.2, 0) is 6.18 Å². The highest BCUT2D eigenvalue weighted by molar-refractivity contribution is 5.94. The number of pyridine rings is 1. The lowest BCUT2D eigenvalue weighted by molar-refractivity contribution is -0.141. The fourth-order valence-corrected chi connectivity index (χ4v) is 2.40. The zero-order valence-electron chi connectivity index (χ0n) is 15.7. The molecule has 0 aliphatic carbocycles. The summed E-state index contributed by atoms with van der Waals surface area (Å²) >= 11 is 0. The lowest BCUT2D eigenvalue weighted by atomic mass is 10.2. The van der Waals surface area contributed by atoms with E-state index in [0.29, 0.717) is 6.07 Å². The summed E-state index contributed by atoms with van der Waals surface area (Å²) in [5.74, 6) is -0.946. The normalized spacial score (nSPS) is 12.3.